The van der Waals surface area contributed by atoms with Crippen LogP contribution in [0.5, 0.6) is 0 Å². The fourth-order valence-electron chi connectivity index (χ4n) is 3.61. The van der Waals surface area contributed by atoms with Crippen molar-refractivity contribution in [3.05, 3.63) is 131 Å². The highest BCUT2D eigenvalue weighted by molar-refractivity contribution is 8.00. The average molecular weight is 586 g/mol. The molecule has 0 aliphatic rings. The summed E-state index contributed by atoms with van der Waals surface area (Å²) in [4.78, 5) is 50.4. The Morgan fingerprint density at radius 1 is 0.756 bits per heavy atom. The van der Waals surface area contributed by atoms with Gasteiger partial charge in [-0.15, -0.1) is 11.8 Å². The lowest BCUT2D eigenvalue weighted by molar-refractivity contribution is -0.114. The smallest absolute Gasteiger partial charge is 0.335 e. The van der Waals surface area contributed by atoms with E-state index >= 15 is 0 Å². The van der Waals surface area contributed by atoms with Crippen molar-refractivity contribution in [2.45, 2.75) is 4.90 Å². The second kappa shape index (κ2) is 14.0. The Morgan fingerprint density at radius 3 is 2.12 bits per heavy atom. The molecule has 8 nitrogen and oxygen atoms in total. The number of rotatable bonds is 10. The van der Waals surface area contributed by atoms with Crippen LogP contribution in [0.15, 0.2) is 114 Å². The Morgan fingerprint density at radius 2 is 1.41 bits per heavy atom. The van der Waals surface area contributed by atoms with Crippen molar-refractivity contribution in [2.24, 2.45) is 0 Å². The molecule has 0 aliphatic carbocycles. The summed E-state index contributed by atoms with van der Waals surface area (Å²) in [6, 6.07) is 28.3. The maximum atomic E-state index is 13.3. The summed E-state index contributed by atoms with van der Waals surface area (Å²) in [5.74, 6) is -2.32. The first-order chi connectivity index (χ1) is 19.8. The molecule has 0 saturated heterocycles. The van der Waals surface area contributed by atoms with Gasteiger partial charge in [0.1, 0.15) is 5.70 Å². The van der Waals surface area contributed by atoms with E-state index in [1.807, 2.05) is 0 Å². The van der Waals surface area contributed by atoms with E-state index in [1.54, 1.807) is 97.1 Å². The summed E-state index contributed by atoms with van der Waals surface area (Å²) in [5, 5.41) is 17.8. The molecule has 3 amide bonds. The number of thioether (sulfide) groups is 1. The van der Waals surface area contributed by atoms with Gasteiger partial charge in [0, 0.05) is 26.9 Å². The van der Waals surface area contributed by atoms with Crippen LogP contribution in [0.25, 0.3) is 6.08 Å². The molecule has 206 valence electrons. The van der Waals surface area contributed by atoms with Crippen molar-refractivity contribution in [1.29, 1.82) is 0 Å². The standard InChI is InChI=1S/C31H24ClN3O5S/c32-23-14-12-20(13-15-23)16-27(35-29(37)21-6-2-1-3-7-21)30(38)34-25-10-5-11-26(18-25)41-19-28(36)33-24-9-4-8-22(17-24)31(39)40/h1-18H,19H2,(H,33,36)(H,34,38)(H,35,37)(H,39,40)/b27-16-. The minimum Gasteiger partial charge on any atom is -0.478 e. The molecule has 0 fully saturated rings. The molecule has 10 heteroatoms. The molecule has 41 heavy (non-hydrogen) atoms. The van der Waals surface area contributed by atoms with Gasteiger partial charge in [-0.2, -0.15) is 0 Å². The molecule has 0 saturated carbocycles. The van der Waals surface area contributed by atoms with Gasteiger partial charge in [-0.25, -0.2) is 4.79 Å². The summed E-state index contributed by atoms with van der Waals surface area (Å²) < 4.78 is 0. The zero-order valence-electron chi connectivity index (χ0n) is 21.5. The van der Waals surface area contributed by atoms with Gasteiger partial charge in [0.2, 0.25) is 5.91 Å². The van der Waals surface area contributed by atoms with Crippen LogP contribution < -0.4 is 16.0 Å². The van der Waals surface area contributed by atoms with E-state index in [1.165, 1.54) is 23.9 Å². The van der Waals surface area contributed by atoms with Crippen molar-refractivity contribution >= 4 is 64.5 Å². The first kappa shape index (κ1) is 29.1. The number of carbonyl (C=O) groups excluding carboxylic acids is 3. The normalized spacial score (nSPS) is 10.9. The number of amides is 3. The summed E-state index contributed by atoms with van der Waals surface area (Å²) >= 11 is 7.23. The number of benzene rings is 4. The molecular formula is C31H24ClN3O5S. The van der Waals surface area contributed by atoms with Crippen molar-refractivity contribution in [3.8, 4) is 0 Å². The van der Waals surface area contributed by atoms with Gasteiger partial charge in [-0.3, -0.25) is 14.4 Å². The number of hydrogen-bond donors (Lipinski definition) is 4. The second-order valence-corrected chi connectivity index (χ2v) is 10.1. The Balaban J connectivity index is 1.43. The molecule has 4 aromatic rings. The Labute approximate surface area is 245 Å². The number of hydrogen-bond acceptors (Lipinski definition) is 5. The summed E-state index contributed by atoms with van der Waals surface area (Å²) in [6.07, 6.45) is 1.55. The maximum absolute atomic E-state index is 13.3. The first-order valence-corrected chi connectivity index (χ1v) is 13.6. The zero-order valence-corrected chi connectivity index (χ0v) is 23.0. The van der Waals surface area contributed by atoms with Crippen LogP contribution in [-0.4, -0.2) is 34.6 Å². The summed E-state index contributed by atoms with van der Waals surface area (Å²) in [7, 11) is 0. The van der Waals surface area contributed by atoms with Crippen LogP contribution in [0.4, 0.5) is 11.4 Å². The number of halogens is 1. The van der Waals surface area contributed by atoms with Gasteiger partial charge in [-0.1, -0.05) is 54.1 Å². The Kier molecular flexibility index (Phi) is 9.93. The highest BCUT2D eigenvalue weighted by Crippen LogP contribution is 2.23. The third-order valence-corrected chi connectivity index (χ3v) is 6.81. The minimum absolute atomic E-state index is 0.0298. The lowest BCUT2D eigenvalue weighted by atomic mass is 10.1. The van der Waals surface area contributed by atoms with Crippen LogP contribution in [0.3, 0.4) is 0 Å². The number of carboxylic acid groups (broad SMARTS) is 1. The fraction of sp³-hybridized carbons (Fsp3) is 0.0323. The highest BCUT2D eigenvalue weighted by Gasteiger charge is 2.16. The molecular weight excluding hydrogens is 562 g/mol. The average Bonchev–Trinajstić information content (AvgIpc) is 2.97. The van der Waals surface area contributed by atoms with E-state index < -0.39 is 17.8 Å². The van der Waals surface area contributed by atoms with E-state index in [0.29, 0.717) is 32.4 Å². The van der Waals surface area contributed by atoms with Gasteiger partial charge in [0.15, 0.2) is 0 Å². The zero-order chi connectivity index (χ0) is 29.2. The van der Waals surface area contributed by atoms with Gasteiger partial charge >= 0.3 is 5.97 Å². The monoisotopic (exact) mass is 585 g/mol. The SMILES string of the molecule is O=C(CSc1cccc(NC(=O)/C(=C/c2ccc(Cl)cc2)NC(=O)c2ccccc2)c1)Nc1cccc(C(=O)O)c1. The molecule has 4 aromatic carbocycles. The van der Waals surface area contributed by atoms with Crippen molar-refractivity contribution in [2.75, 3.05) is 16.4 Å². The molecule has 0 unspecified atom stereocenters. The van der Waals surface area contributed by atoms with Crippen molar-refractivity contribution in [1.82, 2.24) is 5.32 Å². The van der Waals surface area contributed by atoms with Gasteiger partial charge in [-0.05, 0) is 72.3 Å². The largest absolute Gasteiger partial charge is 0.478 e. The van der Waals surface area contributed by atoms with Gasteiger partial charge in [0.25, 0.3) is 11.8 Å². The molecule has 0 heterocycles. The molecule has 0 aromatic heterocycles. The number of nitrogens with one attached hydrogen (secondary N) is 3. The molecule has 0 spiro atoms. The van der Waals surface area contributed by atoms with E-state index in [-0.39, 0.29) is 22.9 Å². The Hall–Kier alpha value is -4.86. The summed E-state index contributed by atoms with van der Waals surface area (Å²) in [5.41, 5.74) is 2.01. The van der Waals surface area contributed by atoms with Crippen LogP contribution in [0.1, 0.15) is 26.3 Å². The third-order valence-electron chi connectivity index (χ3n) is 5.56. The molecule has 4 N–H and O–H groups in total. The number of carbonyl (C=O) groups is 4. The molecule has 0 aliphatic heterocycles. The Bertz CT molecular complexity index is 1610. The highest BCUT2D eigenvalue weighted by atomic mass is 35.5. The number of anilines is 2. The number of aromatic carboxylic acids is 1. The minimum atomic E-state index is -1.08. The van der Waals surface area contributed by atoms with Crippen molar-refractivity contribution in [3.63, 3.8) is 0 Å². The third kappa shape index (κ3) is 8.82. The van der Waals surface area contributed by atoms with Gasteiger partial charge in [0.05, 0.1) is 11.3 Å². The summed E-state index contributed by atoms with van der Waals surface area (Å²) in [6.45, 7) is 0. The van der Waals surface area contributed by atoms with Gasteiger partial charge < -0.3 is 21.1 Å². The predicted molar refractivity (Wildman–Crippen MR) is 161 cm³/mol. The molecule has 0 bridgehead atoms. The first-order valence-electron chi connectivity index (χ1n) is 12.3. The van der Waals surface area contributed by atoms with E-state index in [9.17, 15) is 19.2 Å². The maximum Gasteiger partial charge on any atom is 0.335 e. The number of carboxylic acids is 1. The fourth-order valence-corrected chi connectivity index (χ4v) is 4.49. The van der Waals surface area contributed by atoms with E-state index in [4.69, 9.17) is 16.7 Å². The van der Waals surface area contributed by atoms with Crippen LogP contribution >= 0.6 is 23.4 Å². The predicted octanol–water partition coefficient (Wildman–Crippen LogP) is 6.18. The topological polar surface area (TPSA) is 125 Å². The van der Waals surface area contributed by atoms with Crippen molar-refractivity contribution < 1.29 is 24.3 Å². The van der Waals surface area contributed by atoms with Crippen LogP contribution in [-0.2, 0) is 9.59 Å². The van der Waals surface area contributed by atoms with E-state index in [2.05, 4.69) is 16.0 Å². The molecule has 0 atom stereocenters. The lowest BCUT2D eigenvalue weighted by Gasteiger charge is -2.12. The van der Waals surface area contributed by atoms with Crippen LogP contribution in [0.2, 0.25) is 5.02 Å². The van der Waals surface area contributed by atoms with Crippen LogP contribution in [0, 0.1) is 0 Å². The van der Waals surface area contributed by atoms with E-state index in [0.717, 1.165) is 0 Å². The molecule has 4 rings (SSSR count). The lowest BCUT2D eigenvalue weighted by Crippen LogP contribution is -2.30. The molecule has 0 radical (unpaired) electrons. The quantitative estimate of drug-likeness (QED) is 0.130. The second-order valence-electron chi connectivity index (χ2n) is 8.63.